The molecule has 23 heavy (non-hydrogen) atoms. The summed E-state index contributed by atoms with van der Waals surface area (Å²) in [5.41, 5.74) is 2.72. The van der Waals surface area contributed by atoms with Crippen molar-refractivity contribution in [3.05, 3.63) is 29.3 Å². The Balaban J connectivity index is 1.69. The summed E-state index contributed by atoms with van der Waals surface area (Å²) in [4.78, 5) is 25.9. The second kappa shape index (κ2) is 6.68. The van der Waals surface area contributed by atoms with Gasteiger partial charge in [-0.25, -0.2) is 0 Å². The lowest BCUT2D eigenvalue weighted by Gasteiger charge is -2.24. The van der Waals surface area contributed by atoms with Gasteiger partial charge in [0.2, 0.25) is 11.8 Å². The summed E-state index contributed by atoms with van der Waals surface area (Å²) >= 11 is 0. The number of amides is 2. The molecule has 2 atom stereocenters. The van der Waals surface area contributed by atoms with E-state index in [4.69, 9.17) is 9.47 Å². The molecule has 1 saturated heterocycles. The number of carbonyl (C=O) groups is 2. The van der Waals surface area contributed by atoms with Crippen molar-refractivity contribution in [1.82, 2.24) is 4.90 Å². The van der Waals surface area contributed by atoms with Crippen LogP contribution in [0.3, 0.4) is 0 Å². The molecule has 2 heterocycles. The Labute approximate surface area is 135 Å². The Hall–Kier alpha value is -1.92. The number of hydrogen-bond acceptors (Lipinski definition) is 4. The maximum atomic E-state index is 12.7. The predicted molar refractivity (Wildman–Crippen MR) is 85.3 cm³/mol. The van der Waals surface area contributed by atoms with Crippen LogP contribution in [-0.2, 0) is 31.9 Å². The molecular formula is C17H22N2O4. The number of nitrogens with one attached hydrogen (secondary N) is 1. The number of likely N-dealkylation sites (tertiary alicyclic amines) is 1. The topological polar surface area (TPSA) is 67.9 Å². The molecule has 6 heteroatoms. The zero-order valence-corrected chi connectivity index (χ0v) is 13.5. The molecule has 0 saturated carbocycles. The van der Waals surface area contributed by atoms with Gasteiger partial charge in [-0.1, -0.05) is 12.1 Å². The largest absolute Gasteiger partial charge is 0.383 e. The number of hydrogen-bond donors (Lipinski definition) is 1. The van der Waals surface area contributed by atoms with Gasteiger partial charge in [-0.05, 0) is 23.6 Å². The third-order valence-corrected chi connectivity index (χ3v) is 4.54. The molecule has 0 radical (unpaired) electrons. The minimum Gasteiger partial charge on any atom is -0.383 e. The van der Waals surface area contributed by atoms with Gasteiger partial charge in [0.05, 0.1) is 31.6 Å². The molecule has 0 unspecified atom stereocenters. The number of nitrogens with zero attached hydrogens (tertiary/aromatic N) is 1. The SMILES string of the molecule is COC[C@@H]1C[C@H](OC)CN1C(=O)Cc1ccc2c(c1)NC(=O)C2. The molecule has 1 fully saturated rings. The van der Waals surface area contributed by atoms with Gasteiger partial charge in [0.25, 0.3) is 0 Å². The fraction of sp³-hybridized carbons (Fsp3) is 0.529. The van der Waals surface area contributed by atoms with E-state index in [9.17, 15) is 9.59 Å². The van der Waals surface area contributed by atoms with E-state index in [1.54, 1.807) is 14.2 Å². The first-order valence-corrected chi connectivity index (χ1v) is 7.83. The quantitative estimate of drug-likeness (QED) is 0.879. The Kier molecular flexibility index (Phi) is 4.63. The van der Waals surface area contributed by atoms with Gasteiger partial charge < -0.3 is 19.7 Å². The maximum Gasteiger partial charge on any atom is 0.228 e. The summed E-state index contributed by atoms with van der Waals surface area (Å²) in [5.74, 6) is 0.0713. The highest BCUT2D eigenvalue weighted by atomic mass is 16.5. The van der Waals surface area contributed by atoms with E-state index < -0.39 is 0 Å². The lowest BCUT2D eigenvalue weighted by molar-refractivity contribution is -0.132. The van der Waals surface area contributed by atoms with E-state index in [2.05, 4.69) is 5.32 Å². The van der Waals surface area contributed by atoms with Crippen molar-refractivity contribution >= 4 is 17.5 Å². The summed E-state index contributed by atoms with van der Waals surface area (Å²) in [7, 11) is 3.32. The normalized spacial score (nSPS) is 23.0. The van der Waals surface area contributed by atoms with Crippen LogP contribution in [0, 0.1) is 0 Å². The van der Waals surface area contributed by atoms with Gasteiger partial charge >= 0.3 is 0 Å². The highest BCUT2D eigenvalue weighted by Gasteiger charge is 2.35. The third-order valence-electron chi connectivity index (χ3n) is 4.54. The minimum absolute atomic E-state index is 0.00566. The molecule has 0 spiro atoms. The van der Waals surface area contributed by atoms with Crippen LogP contribution in [0.1, 0.15) is 17.5 Å². The Morgan fingerprint density at radius 3 is 2.96 bits per heavy atom. The van der Waals surface area contributed by atoms with Crippen LogP contribution >= 0.6 is 0 Å². The smallest absolute Gasteiger partial charge is 0.228 e. The molecule has 3 rings (SSSR count). The highest BCUT2D eigenvalue weighted by Crippen LogP contribution is 2.26. The van der Waals surface area contributed by atoms with E-state index in [0.717, 1.165) is 23.2 Å². The van der Waals surface area contributed by atoms with Crippen LogP contribution in [0.5, 0.6) is 0 Å². The summed E-state index contributed by atoms with van der Waals surface area (Å²) in [6, 6.07) is 5.80. The van der Waals surface area contributed by atoms with Crippen LogP contribution in [0.2, 0.25) is 0 Å². The van der Waals surface area contributed by atoms with Crippen LogP contribution in [0.25, 0.3) is 0 Å². The van der Waals surface area contributed by atoms with Crippen molar-refractivity contribution in [3.8, 4) is 0 Å². The molecule has 2 aliphatic rings. The molecule has 2 amide bonds. The Morgan fingerprint density at radius 1 is 1.39 bits per heavy atom. The van der Waals surface area contributed by atoms with Crippen molar-refractivity contribution in [1.29, 1.82) is 0 Å². The predicted octanol–water partition coefficient (Wildman–Crippen LogP) is 0.986. The zero-order valence-electron chi connectivity index (χ0n) is 13.5. The molecule has 6 nitrogen and oxygen atoms in total. The van der Waals surface area contributed by atoms with Gasteiger partial charge in [-0.3, -0.25) is 9.59 Å². The van der Waals surface area contributed by atoms with Crippen LogP contribution < -0.4 is 5.32 Å². The average Bonchev–Trinajstić information content (AvgIpc) is 3.09. The average molecular weight is 318 g/mol. The van der Waals surface area contributed by atoms with Gasteiger partial charge in [-0.15, -0.1) is 0 Å². The summed E-state index contributed by atoms with van der Waals surface area (Å²) in [5, 5.41) is 2.82. The second-order valence-corrected chi connectivity index (χ2v) is 6.14. The van der Waals surface area contributed by atoms with E-state index in [1.807, 2.05) is 23.1 Å². The monoisotopic (exact) mass is 318 g/mol. The summed E-state index contributed by atoms with van der Waals surface area (Å²) in [6.45, 7) is 1.12. The molecule has 124 valence electrons. The second-order valence-electron chi connectivity index (χ2n) is 6.14. The number of carbonyl (C=O) groups excluding carboxylic acids is 2. The molecule has 1 aromatic rings. The van der Waals surface area contributed by atoms with Crippen LogP contribution in [-0.4, -0.2) is 56.2 Å². The molecular weight excluding hydrogens is 296 g/mol. The fourth-order valence-electron chi connectivity index (χ4n) is 3.35. The lowest BCUT2D eigenvalue weighted by Crippen LogP contribution is -2.39. The molecule has 0 aliphatic carbocycles. The van der Waals surface area contributed by atoms with Crippen LogP contribution in [0.4, 0.5) is 5.69 Å². The number of rotatable bonds is 5. The number of anilines is 1. The van der Waals surface area contributed by atoms with E-state index in [-0.39, 0.29) is 24.0 Å². The van der Waals surface area contributed by atoms with Crippen LogP contribution in [0.15, 0.2) is 18.2 Å². The van der Waals surface area contributed by atoms with Crippen molar-refractivity contribution in [3.63, 3.8) is 0 Å². The van der Waals surface area contributed by atoms with Crippen molar-refractivity contribution < 1.29 is 19.1 Å². The highest BCUT2D eigenvalue weighted by molar-refractivity contribution is 5.99. The van der Waals surface area contributed by atoms with E-state index >= 15 is 0 Å². The number of methoxy groups -OCH3 is 2. The molecule has 1 aromatic carbocycles. The first kappa shape index (κ1) is 16.0. The Morgan fingerprint density at radius 2 is 2.22 bits per heavy atom. The van der Waals surface area contributed by atoms with Crippen molar-refractivity contribution in [2.24, 2.45) is 0 Å². The van der Waals surface area contributed by atoms with E-state index in [0.29, 0.717) is 26.0 Å². The summed E-state index contributed by atoms with van der Waals surface area (Å²) in [6.07, 6.45) is 1.61. The van der Waals surface area contributed by atoms with Crippen molar-refractivity contribution in [2.45, 2.75) is 31.4 Å². The first-order valence-electron chi connectivity index (χ1n) is 7.83. The van der Waals surface area contributed by atoms with Gasteiger partial charge in [0.15, 0.2) is 0 Å². The van der Waals surface area contributed by atoms with E-state index in [1.165, 1.54) is 0 Å². The molecule has 0 bridgehead atoms. The number of benzene rings is 1. The minimum atomic E-state index is 0.00566. The lowest BCUT2D eigenvalue weighted by atomic mass is 10.1. The molecule has 1 N–H and O–H groups in total. The zero-order chi connectivity index (χ0) is 16.4. The molecule has 2 aliphatic heterocycles. The third kappa shape index (κ3) is 3.38. The van der Waals surface area contributed by atoms with Gasteiger partial charge in [0, 0.05) is 26.5 Å². The van der Waals surface area contributed by atoms with Gasteiger partial charge in [0.1, 0.15) is 0 Å². The first-order chi connectivity index (χ1) is 11.1. The molecule has 0 aromatic heterocycles. The number of fused-ring (bicyclic) bond motifs is 1. The van der Waals surface area contributed by atoms with Gasteiger partial charge in [-0.2, -0.15) is 0 Å². The fourth-order valence-corrected chi connectivity index (χ4v) is 3.35. The summed E-state index contributed by atoms with van der Waals surface area (Å²) < 4.78 is 10.6. The van der Waals surface area contributed by atoms with Crippen molar-refractivity contribution in [2.75, 3.05) is 32.7 Å². The standard InChI is InChI=1S/C17H22N2O4/c1-22-10-13-8-14(23-2)9-19(13)17(21)6-11-3-4-12-7-16(20)18-15(12)5-11/h3-5,13-14H,6-10H2,1-2H3,(H,18,20)/t13-,14-/m0/s1. The maximum absolute atomic E-state index is 12.7. The number of ether oxygens (including phenoxy) is 2. The Bertz CT molecular complexity index is 617.